The maximum absolute atomic E-state index is 10.8. The van der Waals surface area contributed by atoms with Gasteiger partial charge in [0.05, 0.1) is 11.2 Å². The van der Waals surface area contributed by atoms with Crippen LogP contribution in [0.5, 0.6) is 0 Å². The minimum absolute atomic E-state index is 0.0232. The third-order valence-corrected chi connectivity index (χ3v) is 6.22. The number of fused-ring (bicyclic) bond motifs is 3. The third-order valence-electron chi connectivity index (χ3n) is 5.42. The maximum atomic E-state index is 10.8. The van der Waals surface area contributed by atoms with Crippen LogP contribution in [0.1, 0.15) is 45.6 Å². The Kier molecular flexibility index (Phi) is 4.73. The van der Waals surface area contributed by atoms with Crippen molar-refractivity contribution in [3.05, 3.63) is 42.0 Å². The van der Waals surface area contributed by atoms with Gasteiger partial charge in [0.2, 0.25) is 5.69 Å². The Bertz CT molecular complexity index is 943. The molecule has 1 aliphatic rings. The summed E-state index contributed by atoms with van der Waals surface area (Å²) in [5.74, 6) is -0.150. The number of nitrogens with zero attached hydrogens (tertiary/aromatic N) is 1. The van der Waals surface area contributed by atoms with Crippen LogP contribution in [0.3, 0.4) is 0 Å². The van der Waals surface area contributed by atoms with Crippen molar-refractivity contribution in [2.24, 2.45) is 0 Å². The van der Waals surface area contributed by atoms with E-state index >= 15 is 0 Å². The van der Waals surface area contributed by atoms with E-state index in [0.717, 1.165) is 19.4 Å². The summed E-state index contributed by atoms with van der Waals surface area (Å²) in [7, 11) is -3.84. The average Bonchev–Trinajstić information content (AvgIpc) is 2.74. The normalized spacial score (nSPS) is 16.5. The van der Waals surface area contributed by atoms with Gasteiger partial charge in [-0.2, -0.15) is 13.0 Å². The topological polar surface area (TPSA) is 57.4 Å². The van der Waals surface area contributed by atoms with Crippen molar-refractivity contribution in [3.63, 3.8) is 0 Å². The van der Waals surface area contributed by atoms with Gasteiger partial charge in [-0.25, -0.2) is 0 Å². The lowest BCUT2D eigenvalue weighted by molar-refractivity contribution is -0.439. The van der Waals surface area contributed by atoms with Crippen molar-refractivity contribution in [2.75, 3.05) is 12.3 Å². The van der Waals surface area contributed by atoms with Crippen molar-refractivity contribution in [1.29, 1.82) is 0 Å². The molecule has 0 saturated carbocycles. The number of hydrogen-bond donors (Lipinski definition) is 1. The molecule has 0 bridgehead atoms. The summed E-state index contributed by atoms with van der Waals surface area (Å²) in [6, 6.07) is 12.9. The van der Waals surface area contributed by atoms with Crippen LogP contribution in [0.4, 0.5) is 5.69 Å². The van der Waals surface area contributed by atoms with Gasteiger partial charge in [0.25, 0.3) is 10.1 Å². The lowest BCUT2D eigenvalue weighted by Crippen LogP contribution is -2.26. The second-order valence-electron chi connectivity index (χ2n) is 7.39. The molecule has 0 aromatic heterocycles. The molecule has 1 N–H and O–H groups in total. The van der Waals surface area contributed by atoms with Crippen LogP contribution < -0.4 is 0 Å². The summed E-state index contributed by atoms with van der Waals surface area (Å²) in [4.78, 5) is 0. The highest BCUT2D eigenvalue weighted by molar-refractivity contribution is 7.85. The van der Waals surface area contributed by atoms with E-state index in [1.54, 1.807) is 0 Å². The zero-order chi connectivity index (χ0) is 18.2. The molecule has 0 atom stereocenters. The number of rotatable bonds is 6. The average molecular weight is 360 g/mol. The fourth-order valence-electron chi connectivity index (χ4n) is 3.86. The van der Waals surface area contributed by atoms with E-state index in [4.69, 9.17) is 4.55 Å². The monoisotopic (exact) mass is 360 g/mol. The molecule has 0 unspecified atom stereocenters. The zero-order valence-corrected chi connectivity index (χ0v) is 15.9. The molecule has 3 rings (SSSR count). The van der Waals surface area contributed by atoms with Gasteiger partial charge in [-0.3, -0.25) is 4.55 Å². The van der Waals surface area contributed by atoms with E-state index in [1.807, 2.05) is 0 Å². The Hall–Kier alpha value is -1.72. The maximum Gasteiger partial charge on any atom is 0.264 e. The first-order valence-electron chi connectivity index (χ1n) is 8.81. The van der Waals surface area contributed by atoms with Gasteiger partial charge >= 0.3 is 0 Å². The number of unbranched alkanes of at least 4 members (excludes halogenated alkanes) is 2. The molecule has 0 amide bonds. The van der Waals surface area contributed by atoms with Crippen molar-refractivity contribution < 1.29 is 17.5 Å². The molecule has 0 radical (unpaired) electrons. The molecule has 0 spiro atoms. The molecule has 0 saturated heterocycles. The van der Waals surface area contributed by atoms with Crippen molar-refractivity contribution in [2.45, 2.75) is 45.4 Å². The van der Waals surface area contributed by atoms with Gasteiger partial charge in [-0.1, -0.05) is 24.3 Å². The molecule has 1 aliphatic heterocycles. The van der Waals surface area contributed by atoms with Crippen LogP contribution in [0, 0.1) is 0 Å². The van der Waals surface area contributed by atoms with Crippen molar-refractivity contribution in [3.8, 4) is 0 Å². The standard InChI is InChI=1S/C20H25NO3S/c1-15-20(2,3)19-17-10-6-5-9-16(17)11-12-18(19)21(15)13-7-4-8-14-25(22,23)24/h5-6,9-12H,4,7-8,13-14H2,1-3H3/p+1. The Morgan fingerprint density at radius 1 is 1.04 bits per heavy atom. The molecule has 5 heteroatoms. The van der Waals surface area contributed by atoms with Crippen molar-refractivity contribution in [1.82, 2.24) is 0 Å². The quantitative estimate of drug-likeness (QED) is 0.475. The van der Waals surface area contributed by atoms with E-state index in [0.29, 0.717) is 6.42 Å². The molecular weight excluding hydrogens is 334 g/mol. The Balaban J connectivity index is 1.84. The van der Waals surface area contributed by atoms with Crippen LogP contribution >= 0.6 is 0 Å². The first-order chi connectivity index (χ1) is 11.7. The zero-order valence-electron chi connectivity index (χ0n) is 15.1. The molecule has 1 heterocycles. The third kappa shape index (κ3) is 3.48. The summed E-state index contributed by atoms with van der Waals surface area (Å²) in [5.41, 5.74) is 3.94. The predicted molar refractivity (Wildman–Crippen MR) is 103 cm³/mol. The van der Waals surface area contributed by atoms with E-state index < -0.39 is 10.1 Å². The largest absolute Gasteiger partial charge is 0.286 e. The Morgan fingerprint density at radius 3 is 2.48 bits per heavy atom. The second kappa shape index (κ2) is 6.54. The summed E-state index contributed by atoms with van der Waals surface area (Å²) in [5, 5.41) is 2.57. The minimum atomic E-state index is -3.84. The summed E-state index contributed by atoms with van der Waals surface area (Å²) >= 11 is 0. The fourth-order valence-corrected chi connectivity index (χ4v) is 4.43. The summed E-state index contributed by atoms with van der Waals surface area (Å²) < 4.78 is 32.8. The van der Waals surface area contributed by atoms with Gasteiger partial charge in [-0.05, 0) is 43.5 Å². The van der Waals surface area contributed by atoms with E-state index in [1.165, 1.54) is 27.7 Å². The van der Waals surface area contributed by atoms with Gasteiger partial charge in [0, 0.05) is 25.0 Å². The highest BCUT2D eigenvalue weighted by Gasteiger charge is 2.43. The number of hydrogen-bond acceptors (Lipinski definition) is 2. The van der Waals surface area contributed by atoms with Crippen LogP contribution in [0.25, 0.3) is 10.8 Å². The second-order valence-corrected chi connectivity index (χ2v) is 8.96. The molecule has 4 nitrogen and oxygen atoms in total. The van der Waals surface area contributed by atoms with E-state index in [-0.39, 0.29) is 11.2 Å². The molecule has 2 aromatic rings. The molecule has 2 aromatic carbocycles. The molecule has 0 aliphatic carbocycles. The van der Waals surface area contributed by atoms with Crippen LogP contribution in [-0.4, -0.2) is 35.6 Å². The van der Waals surface area contributed by atoms with Gasteiger partial charge in [0.1, 0.15) is 6.54 Å². The van der Waals surface area contributed by atoms with E-state index in [2.05, 4.69) is 61.7 Å². The number of benzene rings is 2. The molecule has 25 heavy (non-hydrogen) atoms. The first-order valence-corrected chi connectivity index (χ1v) is 10.4. The highest BCUT2D eigenvalue weighted by atomic mass is 32.2. The van der Waals surface area contributed by atoms with Gasteiger partial charge in [0.15, 0.2) is 5.71 Å². The Morgan fingerprint density at radius 2 is 1.76 bits per heavy atom. The van der Waals surface area contributed by atoms with Crippen LogP contribution in [0.2, 0.25) is 0 Å². The molecule has 0 fully saturated rings. The first kappa shape index (κ1) is 18.1. The summed E-state index contributed by atoms with van der Waals surface area (Å²) in [6.45, 7) is 7.59. The molecular formula is C20H26NO3S+. The predicted octanol–water partition coefficient (Wildman–Crippen LogP) is 4.29. The highest BCUT2D eigenvalue weighted by Crippen LogP contribution is 2.43. The lowest BCUT2D eigenvalue weighted by Gasteiger charge is -2.17. The Labute approximate surface area is 149 Å². The van der Waals surface area contributed by atoms with Gasteiger partial charge < -0.3 is 0 Å². The molecule has 134 valence electrons. The minimum Gasteiger partial charge on any atom is -0.286 e. The van der Waals surface area contributed by atoms with Crippen LogP contribution in [-0.2, 0) is 15.5 Å². The SMILES string of the molecule is CC1=[N+](CCCCCS(=O)(=O)O)c2ccc3ccccc3c2C1(C)C. The smallest absolute Gasteiger partial charge is 0.264 e. The lowest BCUT2D eigenvalue weighted by atomic mass is 9.80. The van der Waals surface area contributed by atoms with E-state index in [9.17, 15) is 8.42 Å². The summed E-state index contributed by atoms with van der Waals surface area (Å²) in [6.07, 6.45) is 2.18. The van der Waals surface area contributed by atoms with Crippen molar-refractivity contribution >= 4 is 32.3 Å². The fraction of sp³-hybridized carbons (Fsp3) is 0.450. The van der Waals surface area contributed by atoms with Crippen LogP contribution in [0.15, 0.2) is 36.4 Å². The van der Waals surface area contributed by atoms with Gasteiger partial charge in [-0.15, -0.1) is 0 Å².